The van der Waals surface area contributed by atoms with Gasteiger partial charge in [-0.05, 0) is 60.5 Å². The summed E-state index contributed by atoms with van der Waals surface area (Å²) in [5, 5.41) is 1.34. The van der Waals surface area contributed by atoms with Crippen LogP contribution in [-0.4, -0.2) is 12.4 Å². The summed E-state index contributed by atoms with van der Waals surface area (Å²) >= 11 is 5.85. The molecule has 0 atom stereocenters. The van der Waals surface area contributed by atoms with Gasteiger partial charge in [0.25, 0.3) is 0 Å². The molecule has 0 N–H and O–H groups in total. The fourth-order valence-corrected chi connectivity index (χ4v) is 3.35. The van der Waals surface area contributed by atoms with Crippen molar-refractivity contribution < 1.29 is 13.9 Å². The lowest BCUT2D eigenvalue weighted by molar-refractivity contribution is 0.0921. The van der Waals surface area contributed by atoms with Crippen LogP contribution in [0.3, 0.4) is 0 Å². The SMILES string of the molecule is Cc1c(-c2ccccc2)c(=O)oc2ccc(OCC(=O)c3ccc(Cl)cc3)cc12. The van der Waals surface area contributed by atoms with E-state index < -0.39 is 0 Å². The largest absolute Gasteiger partial charge is 0.485 e. The Labute approximate surface area is 172 Å². The molecule has 0 radical (unpaired) electrons. The fraction of sp³-hybridized carbons (Fsp3) is 0.0833. The fourth-order valence-electron chi connectivity index (χ4n) is 3.23. The van der Waals surface area contributed by atoms with Crippen LogP contribution in [-0.2, 0) is 0 Å². The lowest BCUT2D eigenvalue weighted by Crippen LogP contribution is -2.11. The highest BCUT2D eigenvalue weighted by Gasteiger charge is 2.14. The van der Waals surface area contributed by atoms with Crippen LogP contribution in [0.25, 0.3) is 22.1 Å². The van der Waals surface area contributed by atoms with Gasteiger partial charge in [0.05, 0.1) is 5.56 Å². The first-order chi connectivity index (χ1) is 14.0. The van der Waals surface area contributed by atoms with Gasteiger partial charge in [-0.1, -0.05) is 41.9 Å². The molecule has 0 spiro atoms. The minimum absolute atomic E-state index is 0.103. The van der Waals surface area contributed by atoms with Crippen molar-refractivity contribution >= 4 is 28.4 Å². The zero-order valence-corrected chi connectivity index (χ0v) is 16.4. The number of aryl methyl sites for hydroxylation is 1. The third kappa shape index (κ3) is 3.93. The van der Waals surface area contributed by atoms with Gasteiger partial charge in [0.15, 0.2) is 12.4 Å². The maximum absolute atomic E-state index is 12.5. The van der Waals surface area contributed by atoms with Crippen molar-refractivity contribution in [3.05, 3.63) is 99.4 Å². The molecule has 4 nitrogen and oxygen atoms in total. The first-order valence-electron chi connectivity index (χ1n) is 9.07. The third-order valence-electron chi connectivity index (χ3n) is 4.74. The molecule has 5 heteroatoms. The van der Waals surface area contributed by atoms with Crippen molar-refractivity contribution in [3.63, 3.8) is 0 Å². The number of ketones is 1. The van der Waals surface area contributed by atoms with Crippen molar-refractivity contribution in [2.45, 2.75) is 6.92 Å². The van der Waals surface area contributed by atoms with Gasteiger partial charge in [-0.2, -0.15) is 0 Å². The molecular formula is C24H17ClO4. The summed E-state index contributed by atoms with van der Waals surface area (Å²) in [6, 6.07) is 21.2. The highest BCUT2D eigenvalue weighted by atomic mass is 35.5. The van der Waals surface area contributed by atoms with Gasteiger partial charge >= 0.3 is 5.63 Å². The van der Waals surface area contributed by atoms with Gasteiger partial charge in [-0.3, -0.25) is 4.79 Å². The van der Waals surface area contributed by atoms with E-state index in [9.17, 15) is 9.59 Å². The number of ether oxygens (including phenoxy) is 1. The molecule has 1 heterocycles. The lowest BCUT2D eigenvalue weighted by atomic mass is 9.99. The Balaban J connectivity index is 1.64. The molecule has 3 aromatic carbocycles. The van der Waals surface area contributed by atoms with Gasteiger partial charge in [0.1, 0.15) is 11.3 Å². The van der Waals surface area contributed by atoms with Crippen molar-refractivity contribution in [2.24, 2.45) is 0 Å². The zero-order chi connectivity index (χ0) is 20.4. The van der Waals surface area contributed by atoms with E-state index in [1.807, 2.05) is 37.3 Å². The van der Waals surface area contributed by atoms with E-state index in [0.29, 0.717) is 27.5 Å². The number of carbonyl (C=O) groups excluding carboxylic acids is 1. The van der Waals surface area contributed by atoms with Crippen LogP contribution in [0.4, 0.5) is 0 Å². The Morgan fingerprint density at radius 1 is 1.00 bits per heavy atom. The summed E-state index contributed by atoms with van der Waals surface area (Å²) in [7, 11) is 0. The van der Waals surface area contributed by atoms with Crippen LogP contribution in [0.15, 0.2) is 82.0 Å². The molecule has 0 fully saturated rings. The monoisotopic (exact) mass is 404 g/mol. The highest BCUT2D eigenvalue weighted by molar-refractivity contribution is 6.30. The Kier molecular flexibility index (Phi) is 5.19. The smallest absolute Gasteiger partial charge is 0.344 e. The summed E-state index contributed by atoms with van der Waals surface area (Å²) in [6.45, 7) is 1.78. The van der Waals surface area contributed by atoms with E-state index in [-0.39, 0.29) is 18.0 Å². The summed E-state index contributed by atoms with van der Waals surface area (Å²) in [6.07, 6.45) is 0. The summed E-state index contributed by atoms with van der Waals surface area (Å²) in [5.41, 5.74) is 2.74. The molecule has 0 bridgehead atoms. The van der Waals surface area contributed by atoms with Crippen molar-refractivity contribution in [1.29, 1.82) is 0 Å². The molecule has 4 aromatic rings. The van der Waals surface area contributed by atoms with Gasteiger partial charge in [0.2, 0.25) is 0 Å². The number of Topliss-reactive ketones (excluding diaryl/α,β-unsaturated/α-hetero) is 1. The number of hydrogen-bond acceptors (Lipinski definition) is 4. The molecule has 144 valence electrons. The van der Waals surface area contributed by atoms with Crippen molar-refractivity contribution in [2.75, 3.05) is 6.61 Å². The second-order valence-electron chi connectivity index (χ2n) is 6.63. The van der Waals surface area contributed by atoms with Crippen LogP contribution in [0.2, 0.25) is 5.02 Å². The van der Waals surface area contributed by atoms with Crippen LogP contribution >= 0.6 is 11.6 Å². The molecule has 1 aromatic heterocycles. The topological polar surface area (TPSA) is 56.5 Å². The van der Waals surface area contributed by atoms with E-state index in [1.54, 1.807) is 42.5 Å². The first kappa shape index (κ1) is 19.0. The maximum atomic E-state index is 12.5. The average molecular weight is 405 g/mol. The number of hydrogen-bond donors (Lipinski definition) is 0. The average Bonchev–Trinajstić information content (AvgIpc) is 2.73. The number of fused-ring (bicyclic) bond motifs is 1. The molecule has 0 aliphatic rings. The molecule has 0 saturated carbocycles. The predicted molar refractivity (Wildman–Crippen MR) is 114 cm³/mol. The van der Waals surface area contributed by atoms with E-state index in [1.165, 1.54) is 0 Å². The summed E-state index contributed by atoms with van der Waals surface area (Å²) < 4.78 is 11.2. The van der Waals surface area contributed by atoms with E-state index in [2.05, 4.69) is 0 Å². The lowest BCUT2D eigenvalue weighted by Gasteiger charge is -2.10. The van der Waals surface area contributed by atoms with Crippen LogP contribution in [0.5, 0.6) is 5.75 Å². The second kappa shape index (κ2) is 7.94. The first-order valence-corrected chi connectivity index (χ1v) is 9.45. The number of carbonyl (C=O) groups is 1. The van der Waals surface area contributed by atoms with Crippen LogP contribution in [0.1, 0.15) is 15.9 Å². The van der Waals surface area contributed by atoms with E-state index in [0.717, 1.165) is 16.5 Å². The summed E-state index contributed by atoms with van der Waals surface area (Å²) in [5.74, 6) is 0.374. The Morgan fingerprint density at radius 2 is 1.72 bits per heavy atom. The van der Waals surface area contributed by atoms with Crippen LogP contribution < -0.4 is 10.4 Å². The number of rotatable bonds is 5. The normalized spacial score (nSPS) is 10.8. The van der Waals surface area contributed by atoms with Crippen molar-refractivity contribution in [1.82, 2.24) is 0 Å². The highest BCUT2D eigenvalue weighted by Crippen LogP contribution is 2.29. The van der Waals surface area contributed by atoms with Gasteiger partial charge in [-0.25, -0.2) is 4.79 Å². The summed E-state index contributed by atoms with van der Waals surface area (Å²) in [4.78, 5) is 24.8. The van der Waals surface area contributed by atoms with Crippen LogP contribution in [0, 0.1) is 6.92 Å². The minimum atomic E-state index is -0.382. The molecular weight excluding hydrogens is 388 g/mol. The zero-order valence-electron chi connectivity index (χ0n) is 15.6. The molecule has 0 unspecified atom stereocenters. The third-order valence-corrected chi connectivity index (χ3v) is 4.99. The number of halogens is 1. The Bertz CT molecular complexity index is 1240. The molecule has 29 heavy (non-hydrogen) atoms. The van der Waals surface area contributed by atoms with E-state index >= 15 is 0 Å². The van der Waals surface area contributed by atoms with Gasteiger partial charge < -0.3 is 9.15 Å². The molecule has 0 aliphatic heterocycles. The van der Waals surface area contributed by atoms with E-state index in [4.69, 9.17) is 20.8 Å². The van der Waals surface area contributed by atoms with Crippen molar-refractivity contribution in [3.8, 4) is 16.9 Å². The Morgan fingerprint density at radius 3 is 2.45 bits per heavy atom. The van der Waals surface area contributed by atoms with Gasteiger partial charge in [-0.15, -0.1) is 0 Å². The minimum Gasteiger partial charge on any atom is -0.485 e. The number of benzene rings is 3. The molecule has 0 amide bonds. The quantitative estimate of drug-likeness (QED) is 0.317. The molecule has 0 aliphatic carbocycles. The molecule has 0 saturated heterocycles. The predicted octanol–water partition coefficient (Wildman–Crippen LogP) is 5.68. The maximum Gasteiger partial charge on any atom is 0.344 e. The second-order valence-corrected chi connectivity index (χ2v) is 7.07. The van der Waals surface area contributed by atoms with Gasteiger partial charge in [0, 0.05) is 16.0 Å². The standard InChI is InChI=1S/C24H17ClO4/c1-15-20-13-19(28-14-21(26)16-7-9-18(25)10-8-16)11-12-22(20)29-24(27)23(15)17-5-3-2-4-6-17/h2-13H,14H2,1H3. The Hall–Kier alpha value is -3.37. The molecule has 4 rings (SSSR count).